The molecule has 0 spiro atoms. The molecule has 8 heteroatoms. The predicted octanol–water partition coefficient (Wildman–Crippen LogP) is 1.32. The lowest BCUT2D eigenvalue weighted by molar-refractivity contribution is 0.187. The van der Waals surface area contributed by atoms with Crippen LogP contribution in [0.4, 0.5) is 4.79 Å². The van der Waals surface area contributed by atoms with Crippen molar-refractivity contribution in [3.05, 3.63) is 35.7 Å². The molecule has 0 radical (unpaired) electrons. The molecule has 0 bridgehead atoms. The van der Waals surface area contributed by atoms with Gasteiger partial charge in [-0.2, -0.15) is 5.21 Å². The first-order valence-corrected chi connectivity index (χ1v) is 5.98. The monoisotopic (exact) mass is 277 g/mol. The SMILES string of the molecule is COc1ccc(C(C)C(NC(=O)O)c2nn[nH]n2)cc1. The molecule has 8 nitrogen and oxygen atoms in total. The van der Waals surface area contributed by atoms with E-state index in [1.165, 1.54) is 0 Å². The molecule has 0 aliphatic rings. The molecule has 2 atom stereocenters. The summed E-state index contributed by atoms with van der Waals surface area (Å²) in [5, 5.41) is 24.8. The van der Waals surface area contributed by atoms with Crippen LogP contribution >= 0.6 is 0 Å². The van der Waals surface area contributed by atoms with Gasteiger partial charge in [-0.05, 0) is 17.7 Å². The van der Waals surface area contributed by atoms with Gasteiger partial charge < -0.3 is 15.2 Å². The van der Waals surface area contributed by atoms with Crippen molar-refractivity contribution in [1.29, 1.82) is 0 Å². The van der Waals surface area contributed by atoms with Crippen molar-refractivity contribution in [3.8, 4) is 5.75 Å². The highest BCUT2D eigenvalue weighted by Gasteiger charge is 2.26. The van der Waals surface area contributed by atoms with Crippen LogP contribution in [0.25, 0.3) is 0 Å². The first-order chi connectivity index (χ1) is 9.61. The lowest BCUT2D eigenvalue weighted by Gasteiger charge is -2.21. The standard InChI is InChI=1S/C12H15N5O3/c1-7(8-3-5-9(20-2)6-4-8)10(13-12(18)19)11-14-16-17-15-11/h3-7,10,13H,1-2H3,(H,18,19)(H,14,15,16,17). The molecule has 20 heavy (non-hydrogen) atoms. The molecule has 3 N–H and O–H groups in total. The molecule has 1 aromatic heterocycles. The van der Waals surface area contributed by atoms with Gasteiger partial charge in [0, 0.05) is 5.92 Å². The minimum Gasteiger partial charge on any atom is -0.497 e. The number of rotatable bonds is 5. The smallest absolute Gasteiger partial charge is 0.405 e. The van der Waals surface area contributed by atoms with Crippen LogP contribution in [0.2, 0.25) is 0 Å². The zero-order valence-corrected chi connectivity index (χ0v) is 11.1. The van der Waals surface area contributed by atoms with Gasteiger partial charge in [0.1, 0.15) is 11.8 Å². The zero-order valence-electron chi connectivity index (χ0n) is 11.1. The summed E-state index contributed by atoms with van der Waals surface area (Å²) < 4.78 is 5.10. The van der Waals surface area contributed by atoms with Crippen LogP contribution in [-0.4, -0.2) is 38.9 Å². The minimum absolute atomic E-state index is 0.158. The molecule has 1 amide bonds. The Morgan fingerprint density at radius 2 is 2.10 bits per heavy atom. The number of hydrogen-bond acceptors (Lipinski definition) is 5. The van der Waals surface area contributed by atoms with E-state index in [0.717, 1.165) is 11.3 Å². The number of tetrazole rings is 1. The Bertz CT molecular complexity index is 555. The molecule has 0 saturated carbocycles. The molecule has 0 aliphatic heterocycles. The molecular weight excluding hydrogens is 262 g/mol. The van der Waals surface area contributed by atoms with Gasteiger partial charge in [0.2, 0.25) is 0 Å². The number of aromatic amines is 1. The Labute approximate surface area is 115 Å². The number of carbonyl (C=O) groups is 1. The normalized spacial score (nSPS) is 13.5. The van der Waals surface area contributed by atoms with E-state index in [1.807, 2.05) is 31.2 Å². The molecule has 2 aromatic rings. The fourth-order valence-electron chi connectivity index (χ4n) is 1.95. The molecule has 0 saturated heterocycles. The van der Waals surface area contributed by atoms with Gasteiger partial charge in [0.05, 0.1) is 7.11 Å². The third-order valence-corrected chi connectivity index (χ3v) is 3.06. The lowest BCUT2D eigenvalue weighted by atomic mass is 9.93. The van der Waals surface area contributed by atoms with E-state index in [1.54, 1.807) is 7.11 Å². The molecule has 1 heterocycles. The van der Waals surface area contributed by atoms with Crippen LogP contribution in [0.15, 0.2) is 24.3 Å². The van der Waals surface area contributed by atoms with Crippen molar-refractivity contribution < 1.29 is 14.6 Å². The Morgan fingerprint density at radius 3 is 2.60 bits per heavy atom. The number of carboxylic acid groups (broad SMARTS) is 1. The number of nitrogens with one attached hydrogen (secondary N) is 2. The second kappa shape index (κ2) is 6.00. The maximum atomic E-state index is 10.9. The van der Waals surface area contributed by atoms with Gasteiger partial charge in [-0.3, -0.25) is 0 Å². The zero-order chi connectivity index (χ0) is 14.5. The molecular formula is C12H15N5O3. The lowest BCUT2D eigenvalue weighted by Crippen LogP contribution is -2.31. The number of hydrogen-bond donors (Lipinski definition) is 3. The van der Waals surface area contributed by atoms with Gasteiger partial charge >= 0.3 is 6.09 Å². The highest BCUT2D eigenvalue weighted by Crippen LogP contribution is 2.29. The third kappa shape index (κ3) is 3.02. The van der Waals surface area contributed by atoms with Gasteiger partial charge in [0.25, 0.3) is 0 Å². The highest BCUT2D eigenvalue weighted by molar-refractivity contribution is 5.65. The van der Waals surface area contributed by atoms with Crippen LogP contribution < -0.4 is 10.1 Å². The Morgan fingerprint density at radius 1 is 1.40 bits per heavy atom. The first kappa shape index (κ1) is 13.8. The fourth-order valence-corrected chi connectivity index (χ4v) is 1.95. The summed E-state index contributed by atoms with van der Waals surface area (Å²) in [6.45, 7) is 1.89. The Kier molecular flexibility index (Phi) is 4.14. The second-order valence-corrected chi connectivity index (χ2v) is 4.26. The molecule has 1 aromatic carbocycles. The molecule has 106 valence electrons. The van der Waals surface area contributed by atoms with Crippen molar-refractivity contribution in [3.63, 3.8) is 0 Å². The fraction of sp³-hybridized carbons (Fsp3) is 0.333. The largest absolute Gasteiger partial charge is 0.497 e. The van der Waals surface area contributed by atoms with Gasteiger partial charge in [-0.15, -0.1) is 10.2 Å². The summed E-state index contributed by atoms with van der Waals surface area (Å²) in [7, 11) is 1.59. The number of H-pyrrole nitrogens is 1. The summed E-state index contributed by atoms with van der Waals surface area (Å²) in [6, 6.07) is 6.81. The summed E-state index contributed by atoms with van der Waals surface area (Å²) in [4.78, 5) is 10.9. The first-order valence-electron chi connectivity index (χ1n) is 5.98. The second-order valence-electron chi connectivity index (χ2n) is 4.26. The quantitative estimate of drug-likeness (QED) is 0.759. The third-order valence-electron chi connectivity index (χ3n) is 3.06. The Balaban J connectivity index is 2.25. The van der Waals surface area contributed by atoms with Crippen LogP contribution in [0.5, 0.6) is 5.75 Å². The number of methoxy groups -OCH3 is 1. The van der Waals surface area contributed by atoms with Crippen molar-refractivity contribution >= 4 is 6.09 Å². The van der Waals surface area contributed by atoms with E-state index < -0.39 is 12.1 Å². The van der Waals surface area contributed by atoms with Gasteiger partial charge in [-0.1, -0.05) is 24.3 Å². The number of nitrogens with zero attached hydrogens (tertiary/aromatic N) is 3. The summed E-state index contributed by atoms with van der Waals surface area (Å²) in [5.41, 5.74) is 0.939. The molecule has 0 aliphatic carbocycles. The predicted molar refractivity (Wildman–Crippen MR) is 69.5 cm³/mol. The van der Waals surface area contributed by atoms with E-state index in [0.29, 0.717) is 5.82 Å². The summed E-state index contributed by atoms with van der Waals surface area (Å²) in [5.74, 6) is 0.883. The van der Waals surface area contributed by atoms with Crippen LogP contribution in [-0.2, 0) is 0 Å². The van der Waals surface area contributed by atoms with E-state index in [2.05, 4.69) is 25.9 Å². The van der Waals surface area contributed by atoms with Gasteiger partial charge in [-0.25, -0.2) is 4.79 Å². The van der Waals surface area contributed by atoms with Crippen LogP contribution in [0.1, 0.15) is 30.3 Å². The average Bonchev–Trinajstić information content (AvgIpc) is 2.98. The van der Waals surface area contributed by atoms with Gasteiger partial charge in [0.15, 0.2) is 5.82 Å². The molecule has 2 rings (SSSR count). The summed E-state index contributed by atoms with van der Waals surface area (Å²) >= 11 is 0. The van der Waals surface area contributed by atoms with E-state index in [4.69, 9.17) is 9.84 Å². The van der Waals surface area contributed by atoms with Crippen LogP contribution in [0, 0.1) is 0 Å². The number of aromatic nitrogens is 4. The molecule has 0 fully saturated rings. The average molecular weight is 277 g/mol. The van der Waals surface area contributed by atoms with Crippen molar-refractivity contribution in [2.24, 2.45) is 0 Å². The maximum Gasteiger partial charge on any atom is 0.405 e. The van der Waals surface area contributed by atoms with E-state index in [9.17, 15) is 4.79 Å². The van der Waals surface area contributed by atoms with E-state index in [-0.39, 0.29) is 5.92 Å². The maximum absolute atomic E-state index is 10.9. The van der Waals surface area contributed by atoms with Crippen molar-refractivity contribution in [2.45, 2.75) is 18.9 Å². The topological polar surface area (TPSA) is 113 Å². The summed E-state index contributed by atoms with van der Waals surface area (Å²) in [6.07, 6.45) is -1.14. The van der Waals surface area contributed by atoms with E-state index >= 15 is 0 Å². The number of benzene rings is 1. The molecule has 2 unspecified atom stereocenters. The highest BCUT2D eigenvalue weighted by atomic mass is 16.5. The van der Waals surface area contributed by atoms with Crippen molar-refractivity contribution in [1.82, 2.24) is 25.9 Å². The van der Waals surface area contributed by atoms with Crippen LogP contribution in [0.3, 0.4) is 0 Å². The number of ether oxygens (including phenoxy) is 1. The Hall–Kier alpha value is -2.64. The van der Waals surface area contributed by atoms with Crippen molar-refractivity contribution in [2.75, 3.05) is 7.11 Å². The number of amides is 1. The minimum atomic E-state index is -1.14.